The van der Waals surface area contributed by atoms with Crippen LogP contribution in [-0.2, 0) is 6.42 Å². The minimum atomic E-state index is -0.0361. The monoisotopic (exact) mass is 310 g/mol. The molecule has 2 rings (SSSR count). The normalized spacial score (nSPS) is 12.4. The van der Waals surface area contributed by atoms with Gasteiger partial charge < -0.3 is 5.73 Å². The molecule has 0 aliphatic heterocycles. The van der Waals surface area contributed by atoms with Gasteiger partial charge in [0.15, 0.2) is 0 Å². The molecule has 0 radical (unpaired) electrons. The van der Waals surface area contributed by atoms with Crippen molar-refractivity contribution < 1.29 is 0 Å². The van der Waals surface area contributed by atoms with Crippen LogP contribution in [0.5, 0.6) is 0 Å². The van der Waals surface area contributed by atoms with Crippen molar-refractivity contribution in [3.8, 4) is 0 Å². The van der Waals surface area contributed by atoms with Crippen LogP contribution in [0.4, 0.5) is 0 Å². The predicted molar refractivity (Wildman–Crippen MR) is 74.0 cm³/mol. The van der Waals surface area contributed by atoms with Gasteiger partial charge in [0.05, 0.1) is 5.02 Å². The lowest BCUT2D eigenvalue weighted by Gasteiger charge is -2.12. The minimum absolute atomic E-state index is 0.0361. The van der Waals surface area contributed by atoms with Gasteiger partial charge in [-0.25, -0.2) is 0 Å². The number of hydrogen-bond acceptors (Lipinski definition) is 2. The SMILES string of the molecule is NC(Cc1ccncc1)c1ccc(Cl)c(Br)c1. The van der Waals surface area contributed by atoms with Gasteiger partial charge in [-0.3, -0.25) is 4.98 Å². The molecule has 2 N–H and O–H groups in total. The van der Waals surface area contributed by atoms with Crippen LogP contribution in [0.3, 0.4) is 0 Å². The van der Waals surface area contributed by atoms with Gasteiger partial charge in [0, 0.05) is 22.9 Å². The molecular formula is C13H12BrClN2. The molecule has 0 amide bonds. The molecule has 0 saturated carbocycles. The number of pyridine rings is 1. The van der Waals surface area contributed by atoms with Gasteiger partial charge in [0.1, 0.15) is 0 Å². The Morgan fingerprint density at radius 3 is 2.59 bits per heavy atom. The third kappa shape index (κ3) is 3.28. The van der Waals surface area contributed by atoms with Crippen LogP contribution in [0.2, 0.25) is 5.02 Å². The van der Waals surface area contributed by atoms with Crippen LogP contribution < -0.4 is 5.73 Å². The Bertz CT molecular complexity index is 502. The molecule has 0 bridgehead atoms. The number of rotatable bonds is 3. The number of halogens is 2. The van der Waals surface area contributed by atoms with Gasteiger partial charge in [0.25, 0.3) is 0 Å². The molecule has 88 valence electrons. The van der Waals surface area contributed by atoms with Crippen LogP contribution in [0.1, 0.15) is 17.2 Å². The summed E-state index contributed by atoms with van der Waals surface area (Å²) >= 11 is 9.35. The van der Waals surface area contributed by atoms with Crippen LogP contribution >= 0.6 is 27.5 Å². The summed E-state index contributed by atoms with van der Waals surface area (Å²) in [5.74, 6) is 0. The molecule has 1 atom stereocenters. The summed E-state index contributed by atoms with van der Waals surface area (Å²) < 4.78 is 0.877. The zero-order valence-electron chi connectivity index (χ0n) is 9.11. The zero-order valence-corrected chi connectivity index (χ0v) is 11.4. The maximum atomic E-state index is 6.16. The third-order valence-electron chi connectivity index (χ3n) is 2.58. The summed E-state index contributed by atoms with van der Waals surface area (Å²) in [4.78, 5) is 3.99. The van der Waals surface area contributed by atoms with Crippen LogP contribution in [0.15, 0.2) is 47.2 Å². The van der Waals surface area contributed by atoms with E-state index in [0.717, 1.165) is 16.5 Å². The van der Waals surface area contributed by atoms with E-state index < -0.39 is 0 Å². The maximum absolute atomic E-state index is 6.16. The fourth-order valence-corrected chi connectivity index (χ4v) is 2.15. The molecule has 17 heavy (non-hydrogen) atoms. The molecule has 0 fully saturated rings. The topological polar surface area (TPSA) is 38.9 Å². The van der Waals surface area contributed by atoms with Crippen molar-refractivity contribution >= 4 is 27.5 Å². The lowest BCUT2D eigenvalue weighted by Crippen LogP contribution is -2.13. The number of nitrogens with zero attached hydrogens (tertiary/aromatic N) is 1. The van der Waals surface area contributed by atoms with Crippen molar-refractivity contribution in [2.75, 3.05) is 0 Å². The molecule has 4 heteroatoms. The second-order valence-electron chi connectivity index (χ2n) is 3.84. The van der Waals surface area contributed by atoms with Gasteiger partial charge in [-0.1, -0.05) is 17.7 Å². The van der Waals surface area contributed by atoms with E-state index in [1.807, 2.05) is 30.3 Å². The van der Waals surface area contributed by atoms with Crippen LogP contribution in [-0.4, -0.2) is 4.98 Å². The highest BCUT2D eigenvalue weighted by Gasteiger charge is 2.08. The van der Waals surface area contributed by atoms with Gasteiger partial charge in [-0.2, -0.15) is 0 Å². The Kier molecular flexibility index (Phi) is 4.15. The molecule has 0 aliphatic carbocycles. The lowest BCUT2D eigenvalue weighted by molar-refractivity contribution is 0.720. The van der Waals surface area contributed by atoms with E-state index in [4.69, 9.17) is 17.3 Å². The fourth-order valence-electron chi connectivity index (χ4n) is 1.63. The van der Waals surface area contributed by atoms with Crippen molar-refractivity contribution in [3.05, 3.63) is 63.3 Å². The summed E-state index contributed by atoms with van der Waals surface area (Å²) in [6.07, 6.45) is 4.34. The van der Waals surface area contributed by atoms with Crippen LogP contribution in [0, 0.1) is 0 Å². The highest BCUT2D eigenvalue weighted by Crippen LogP contribution is 2.26. The Hall–Kier alpha value is -0.900. The first-order chi connectivity index (χ1) is 8.16. The Balaban J connectivity index is 2.14. The van der Waals surface area contributed by atoms with E-state index in [-0.39, 0.29) is 6.04 Å². The molecule has 2 nitrogen and oxygen atoms in total. The van der Waals surface area contributed by atoms with E-state index in [0.29, 0.717) is 5.02 Å². The van der Waals surface area contributed by atoms with Gasteiger partial charge in [-0.05, 0) is 57.7 Å². The van der Waals surface area contributed by atoms with E-state index in [9.17, 15) is 0 Å². The third-order valence-corrected chi connectivity index (χ3v) is 3.79. The minimum Gasteiger partial charge on any atom is -0.324 e. The molecule has 0 spiro atoms. The fraction of sp³-hybridized carbons (Fsp3) is 0.154. The number of hydrogen-bond donors (Lipinski definition) is 1. The van der Waals surface area contributed by atoms with Gasteiger partial charge >= 0.3 is 0 Å². The molecule has 0 aliphatic rings. The average molecular weight is 312 g/mol. The van der Waals surface area contributed by atoms with Crippen molar-refractivity contribution in [1.82, 2.24) is 4.98 Å². The van der Waals surface area contributed by atoms with E-state index in [1.165, 1.54) is 5.56 Å². The standard InChI is InChI=1S/C13H12BrClN2/c14-11-8-10(1-2-12(11)15)13(16)7-9-3-5-17-6-4-9/h1-6,8,13H,7,16H2. The number of benzene rings is 1. The van der Waals surface area contributed by atoms with E-state index in [1.54, 1.807) is 12.4 Å². The second kappa shape index (κ2) is 5.63. The van der Waals surface area contributed by atoms with Crippen molar-refractivity contribution in [1.29, 1.82) is 0 Å². The second-order valence-corrected chi connectivity index (χ2v) is 5.10. The Morgan fingerprint density at radius 1 is 1.24 bits per heavy atom. The molecular weight excluding hydrogens is 300 g/mol. The Morgan fingerprint density at radius 2 is 1.94 bits per heavy atom. The van der Waals surface area contributed by atoms with Crippen molar-refractivity contribution in [2.24, 2.45) is 5.73 Å². The van der Waals surface area contributed by atoms with Crippen LogP contribution in [0.25, 0.3) is 0 Å². The zero-order chi connectivity index (χ0) is 12.3. The number of aromatic nitrogens is 1. The molecule has 1 aromatic heterocycles. The molecule has 1 heterocycles. The summed E-state index contributed by atoms with van der Waals surface area (Å²) in [6, 6.07) is 9.70. The average Bonchev–Trinajstić information content (AvgIpc) is 2.34. The first-order valence-corrected chi connectivity index (χ1v) is 6.43. The summed E-state index contributed by atoms with van der Waals surface area (Å²) in [5, 5.41) is 0.699. The van der Waals surface area contributed by atoms with Gasteiger partial charge in [-0.15, -0.1) is 0 Å². The van der Waals surface area contributed by atoms with E-state index in [2.05, 4.69) is 20.9 Å². The molecule has 1 unspecified atom stereocenters. The molecule has 0 saturated heterocycles. The first-order valence-electron chi connectivity index (χ1n) is 5.26. The Labute approximate surface area is 114 Å². The highest BCUT2D eigenvalue weighted by molar-refractivity contribution is 9.10. The van der Waals surface area contributed by atoms with Crippen molar-refractivity contribution in [2.45, 2.75) is 12.5 Å². The van der Waals surface area contributed by atoms with Crippen molar-refractivity contribution in [3.63, 3.8) is 0 Å². The maximum Gasteiger partial charge on any atom is 0.0548 e. The predicted octanol–water partition coefficient (Wildman–Crippen LogP) is 3.74. The number of nitrogens with two attached hydrogens (primary N) is 1. The smallest absolute Gasteiger partial charge is 0.0548 e. The summed E-state index contributed by atoms with van der Waals surface area (Å²) in [6.45, 7) is 0. The quantitative estimate of drug-likeness (QED) is 0.938. The largest absolute Gasteiger partial charge is 0.324 e. The summed E-state index contributed by atoms with van der Waals surface area (Å²) in [5.41, 5.74) is 8.41. The van der Waals surface area contributed by atoms with Gasteiger partial charge in [0.2, 0.25) is 0 Å². The molecule has 1 aromatic carbocycles. The highest BCUT2D eigenvalue weighted by atomic mass is 79.9. The first kappa shape index (κ1) is 12.6. The summed E-state index contributed by atoms with van der Waals surface area (Å²) in [7, 11) is 0. The van der Waals surface area contributed by atoms with E-state index >= 15 is 0 Å². The lowest BCUT2D eigenvalue weighted by atomic mass is 10.0. The molecule has 2 aromatic rings.